The Hall–Kier alpha value is -0.490. The minimum absolute atomic E-state index is 0.152. The lowest BCUT2D eigenvalue weighted by molar-refractivity contribution is -0.133. The monoisotopic (exact) mass is 276 g/mol. The molecule has 6 heteroatoms. The van der Waals surface area contributed by atoms with Crippen LogP contribution in [0.3, 0.4) is 0 Å². The van der Waals surface area contributed by atoms with Gasteiger partial charge in [0.2, 0.25) is 5.12 Å². The highest BCUT2D eigenvalue weighted by molar-refractivity contribution is 7.97. The summed E-state index contributed by atoms with van der Waals surface area (Å²) in [5.41, 5.74) is -1.88. The van der Waals surface area contributed by atoms with Crippen molar-refractivity contribution in [1.29, 1.82) is 0 Å². The Bertz CT molecular complexity index is 436. The van der Waals surface area contributed by atoms with E-state index in [0.717, 1.165) is 0 Å². The summed E-state index contributed by atoms with van der Waals surface area (Å²) in [6.45, 7) is 0. The standard InChI is InChI=1S/C10H9ClO3S2/c11-7-4-2-1-3-6(7)10(14,9(13)16)5-8(12)15/h1-4,14H,5H2,(H,12,15)(H,13,16). The van der Waals surface area contributed by atoms with Crippen molar-refractivity contribution >= 4 is 47.1 Å². The summed E-state index contributed by atoms with van der Waals surface area (Å²) in [7, 11) is 0. The molecule has 86 valence electrons. The van der Waals surface area contributed by atoms with Crippen LogP contribution in [0, 0.1) is 0 Å². The van der Waals surface area contributed by atoms with Crippen LogP contribution in [0.25, 0.3) is 0 Å². The van der Waals surface area contributed by atoms with Gasteiger partial charge in [0, 0.05) is 10.6 Å². The maximum Gasteiger partial charge on any atom is 0.222 e. The smallest absolute Gasteiger partial charge is 0.222 e. The van der Waals surface area contributed by atoms with Gasteiger partial charge in [0.15, 0.2) is 10.7 Å². The molecule has 0 amide bonds. The van der Waals surface area contributed by atoms with Crippen LogP contribution in [-0.2, 0) is 15.2 Å². The molecule has 1 atom stereocenters. The van der Waals surface area contributed by atoms with E-state index in [1.165, 1.54) is 12.1 Å². The van der Waals surface area contributed by atoms with Gasteiger partial charge in [-0.2, -0.15) is 0 Å². The second-order valence-electron chi connectivity index (χ2n) is 3.22. The first-order valence-corrected chi connectivity index (χ1v) is 5.57. The van der Waals surface area contributed by atoms with E-state index in [1.807, 2.05) is 0 Å². The van der Waals surface area contributed by atoms with Gasteiger partial charge in [0.25, 0.3) is 0 Å². The number of hydrogen-bond donors (Lipinski definition) is 3. The molecule has 0 aromatic heterocycles. The van der Waals surface area contributed by atoms with Gasteiger partial charge >= 0.3 is 0 Å². The zero-order valence-electron chi connectivity index (χ0n) is 8.05. The van der Waals surface area contributed by atoms with E-state index < -0.39 is 22.3 Å². The molecule has 0 radical (unpaired) electrons. The molecule has 0 fully saturated rings. The Morgan fingerprint density at radius 3 is 2.31 bits per heavy atom. The molecule has 0 aliphatic carbocycles. The highest BCUT2D eigenvalue weighted by Crippen LogP contribution is 2.33. The zero-order valence-corrected chi connectivity index (χ0v) is 10.6. The van der Waals surface area contributed by atoms with Gasteiger partial charge in [-0.25, -0.2) is 0 Å². The number of hydrogen-bond acceptors (Lipinski definition) is 3. The van der Waals surface area contributed by atoms with Crippen LogP contribution in [0.2, 0.25) is 5.02 Å². The van der Waals surface area contributed by atoms with E-state index in [-0.39, 0.29) is 10.6 Å². The van der Waals surface area contributed by atoms with Crippen molar-refractivity contribution in [3.05, 3.63) is 34.9 Å². The molecule has 1 unspecified atom stereocenters. The zero-order chi connectivity index (χ0) is 12.3. The van der Waals surface area contributed by atoms with Gasteiger partial charge in [0.05, 0.1) is 6.42 Å². The maximum atomic E-state index is 11.3. The Labute approximate surface area is 109 Å². The lowest BCUT2D eigenvalue weighted by Gasteiger charge is -2.24. The van der Waals surface area contributed by atoms with Gasteiger partial charge < -0.3 is 5.11 Å². The van der Waals surface area contributed by atoms with Crippen LogP contribution in [0.4, 0.5) is 0 Å². The minimum atomic E-state index is -2.03. The van der Waals surface area contributed by atoms with Gasteiger partial charge in [-0.3, -0.25) is 9.59 Å². The number of carbonyl (C=O) groups excluding carboxylic acids is 2. The van der Waals surface area contributed by atoms with E-state index in [2.05, 4.69) is 25.3 Å². The molecule has 1 aromatic rings. The molecular formula is C10H9ClO3S2. The Balaban J connectivity index is 3.27. The van der Waals surface area contributed by atoms with E-state index in [9.17, 15) is 14.7 Å². The lowest BCUT2D eigenvalue weighted by Crippen LogP contribution is -2.34. The molecule has 0 saturated heterocycles. The van der Waals surface area contributed by atoms with Crippen LogP contribution in [-0.4, -0.2) is 15.3 Å². The van der Waals surface area contributed by atoms with Crippen molar-refractivity contribution in [3.63, 3.8) is 0 Å². The molecular weight excluding hydrogens is 268 g/mol. The molecule has 1 aromatic carbocycles. The van der Waals surface area contributed by atoms with Crippen LogP contribution < -0.4 is 0 Å². The van der Waals surface area contributed by atoms with E-state index in [4.69, 9.17) is 11.6 Å². The summed E-state index contributed by atoms with van der Waals surface area (Å²) in [5.74, 6) is 0. The summed E-state index contributed by atoms with van der Waals surface area (Å²) < 4.78 is 0. The molecule has 0 aliphatic rings. The second kappa shape index (κ2) is 5.23. The van der Waals surface area contributed by atoms with Crippen molar-refractivity contribution < 1.29 is 14.7 Å². The molecule has 1 N–H and O–H groups in total. The summed E-state index contributed by atoms with van der Waals surface area (Å²) in [5, 5.41) is 8.86. The fourth-order valence-electron chi connectivity index (χ4n) is 1.30. The predicted octanol–water partition coefficient (Wildman–Crippen LogP) is 1.83. The molecule has 16 heavy (non-hydrogen) atoms. The van der Waals surface area contributed by atoms with E-state index in [0.29, 0.717) is 0 Å². The Morgan fingerprint density at radius 1 is 1.31 bits per heavy atom. The van der Waals surface area contributed by atoms with E-state index in [1.54, 1.807) is 12.1 Å². The molecule has 1 rings (SSSR count). The first kappa shape index (κ1) is 13.6. The highest BCUT2D eigenvalue weighted by Gasteiger charge is 2.38. The third-order valence-electron chi connectivity index (χ3n) is 2.08. The van der Waals surface area contributed by atoms with Crippen molar-refractivity contribution in [2.24, 2.45) is 0 Å². The number of rotatable bonds is 4. The molecule has 0 heterocycles. The SMILES string of the molecule is O=C(S)CC(O)(C(=O)S)c1ccccc1Cl. The summed E-state index contributed by atoms with van der Waals surface area (Å²) in [6.07, 6.45) is -0.470. The average Bonchev–Trinajstić information content (AvgIpc) is 2.16. The normalized spacial score (nSPS) is 14.2. The summed E-state index contributed by atoms with van der Waals surface area (Å²) >= 11 is 13.0. The largest absolute Gasteiger partial charge is 0.376 e. The number of benzene rings is 1. The fourth-order valence-corrected chi connectivity index (χ4v) is 2.02. The van der Waals surface area contributed by atoms with Crippen molar-refractivity contribution in [3.8, 4) is 0 Å². The Morgan fingerprint density at radius 2 is 1.88 bits per heavy atom. The van der Waals surface area contributed by atoms with Crippen molar-refractivity contribution in [1.82, 2.24) is 0 Å². The number of aliphatic hydroxyl groups is 1. The molecule has 3 nitrogen and oxygen atoms in total. The van der Waals surface area contributed by atoms with Gasteiger partial charge in [-0.05, 0) is 6.07 Å². The quantitative estimate of drug-likeness (QED) is 0.736. The first-order chi connectivity index (χ1) is 7.38. The maximum absolute atomic E-state index is 11.3. The van der Waals surface area contributed by atoms with Gasteiger partial charge in [0.1, 0.15) is 0 Å². The Kier molecular flexibility index (Phi) is 4.43. The van der Waals surface area contributed by atoms with Crippen LogP contribution in [0.15, 0.2) is 24.3 Å². The summed E-state index contributed by atoms with van der Waals surface area (Å²) in [4.78, 5) is 22.2. The predicted molar refractivity (Wildman–Crippen MR) is 68.0 cm³/mol. The van der Waals surface area contributed by atoms with Gasteiger partial charge in [-0.1, -0.05) is 29.8 Å². The fraction of sp³-hybridized carbons (Fsp3) is 0.200. The molecule has 0 bridgehead atoms. The third kappa shape index (κ3) is 2.79. The van der Waals surface area contributed by atoms with Crippen LogP contribution in [0.1, 0.15) is 12.0 Å². The second-order valence-corrected chi connectivity index (χ2v) is 4.53. The van der Waals surface area contributed by atoms with Crippen LogP contribution in [0.5, 0.6) is 0 Å². The van der Waals surface area contributed by atoms with Gasteiger partial charge in [-0.15, -0.1) is 25.3 Å². The van der Waals surface area contributed by atoms with Crippen molar-refractivity contribution in [2.45, 2.75) is 12.0 Å². The number of halogens is 1. The molecule has 0 saturated carbocycles. The van der Waals surface area contributed by atoms with Crippen LogP contribution >= 0.6 is 36.9 Å². The average molecular weight is 277 g/mol. The highest BCUT2D eigenvalue weighted by atomic mass is 35.5. The third-order valence-corrected chi connectivity index (χ3v) is 2.94. The van der Waals surface area contributed by atoms with E-state index >= 15 is 0 Å². The lowest BCUT2D eigenvalue weighted by atomic mass is 9.92. The minimum Gasteiger partial charge on any atom is -0.376 e. The summed E-state index contributed by atoms with van der Waals surface area (Å²) in [6, 6.07) is 6.23. The topological polar surface area (TPSA) is 54.4 Å². The first-order valence-electron chi connectivity index (χ1n) is 4.30. The number of carbonyl (C=O) groups is 2. The molecule has 0 aliphatic heterocycles. The molecule has 0 spiro atoms. The number of thiol groups is 2. The van der Waals surface area contributed by atoms with Crippen molar-refractivity contribution in [2.75, 3.05) is 0 Å².